The quantitative estimate of drug-likeness (QED) is 0.691. The van der Waals surface area contributed by atoms with E-state index in [-0.39, 0.29) is 24.8 Å². The molecule has 29 heavy (non-hydrogen) atoms. The second-order valence-electron chi connectivity index (χ2n) is 6.48. The number of esters is 1. The summed E-state index contributed by atoms with van der Waals surface area (Å²) in [5.74, 6) is -0.748. The van der Waals surface area contributed by atoms with Crippen molar-refractivity contribution in [2.45, 2.75) is 12.5 Å². The zero-order valence-electron chi connectivity index (χ0n) is 16.1. The van der Waals surface area contributed by atoms with Crippen LogP contribution in [0.5, 0.6) is 5.75 Å². The van der Waals surface area contributed by atoms with Crippen molar-refractivity contribution >= 4 is 29.2 Å². The highest BCUT2D eigenvalue weighted by Crippen LogP contribution is 2.20. The summed E-state index contributed by atoms with van der Waals surface area (Å²) in [6, 6.07) is 16.1. The number of hydrogen-bond donors (Lipinski definition) is 2. The van der Waals surface area contributed by atoms with Gasteiger partial charge < -0.3 is 25.0 Å². The Morgan fingerprint density at radius 1 is 1.10 bits per heavy atom. The molecule has 0 aromatic heterocycles. The SMILES string of the molecule is COC(=O)C[C@@H]1C(=O)NCCN1C(=O)COc1ccc(Nc2ccccc2)cc1. The number of para-hydroxylation sites is 1. The maximum absolute atomic E-state index is 12.6. The van der Waals surface area contributed by atoms with Crippen molar-refractivity contribution in [2.24, 2.45) is 0 Å². The van der Waals surface area contributed by atoms with E-state index in [2.05, 4.69) is 15.4 Å². The van der Waals surface area contributed by atoms with E-state index in [1.165, 1.54) is 12.0 Å². The fraction of sp³-hybridized carbons (Fsp3) is 0.286. The molecule has 8 nitrogen and oxygen atoms in total. The molecule has 1 saturated heterocycles. The van der Waals surface area contributed by atoms with Crippen LogP contribution in [0.3, 0.4) is 0 Å². The van der Waals surface area contributed by atoms with Crippen LogP contribution in [0.2, 0.25) is 0 Å². The van der Waals surface area contributed by atoms with Crippen LogP contribution in [0.4, 0.5) is 11.4 Å². The standard InChI is InChI=1S/C21H23N3O5/c1-28-20(26)13-18-21(27)22-11-12-24(18)19(25)14-29-17-9-7-16(8-10-17)23-15-5-3-2-4-6-15/h2-10,18,23H,11-14H2,1H3,(H,22,27)/t18-/m1/s1. The Balaban J connectivity index is 1.56. The van der Waals surface area contributed by atoms with Crippen LogP contribution in [0.25, 0.3) is 0 Å². The number of piperazine rings is 1. The number of hydrogen-bond acceptors (Lipinski definition) is 6. The molecule has 1 heterocycles. The molecule has 2 amide bonds. The lowest BCUT2D eigenvalue weighted by Gasteiger charge is -2.34. The summed E-state index contributed by atoms with van der Waals surface area (Å²) in [6.45, 7) is 0.425. The summed E-state index contributed by atoms with van der Waals surface area (Å²) in [5, 5.41) is 5.92. The number of methoxy groups -OCH3 is 1. The minimum atomic E-state index is -0.884. The lowest BCUT2D eigenvalue weighted by molar-refractivity contribution is -0.151. The first kappa shape index (κ1) is 20.2. The number of anilines is 2. The fourth-order valence-corrected chi connectivity index (χ4v) is 3.01. The molecular weight excluding hydrogens is 374 g/mol. The van der Waals surface area contributed by atoms with Gasteiger partial charge in [-0.05, 0) is 36.4 Å². The number of nitrogens with zero attached hydrogens (tertiary/aromatic N) is 1. The topological polar surface area (TPSA) is 97.0 Å². The first-order chi connectivity index (χ1) is 14.1. The highest BCUT2D eigenvalue weighted by molar-refractivity contribution is 5.92. The molecule has 2 aromatic carbocycles. The first-order valence-corrected chi connectivity index (χ1v) is 9.26. The molecule has 152 valence electrons. The number of rotatable bonds is 7. The lowest BCUT2D eigenvalue weighted by atomic mass is 10.1. The van der Waals surface area contributed by atoms with E-state index in [9.17, 15) is 14.4 Å². The van der Waals surface area contributed by atoms with Crippen LogP contribution in [0.1, 0.15) is 6.42 Å². The van der Waals surface area contributed by atoms with Gasteiger partial charge in [0.1, 0.15) is 11.8 Å². The van der Waals surface area contributed by atoms with Crippen molar-refractivity contribution in [2.75, 3.05) is 32.1 Å². The molecule has 0 spiro atoms. The Kier molecular flexibility index (Phi) is 6.67. The molecular formula is C21H23N3O5. The van der Waals surface area contributed by atoms with Crippen molar-refractivity contribution in [3.63, 3.8) is 0 Å². The number of amides is 2. The molecule has 2 aromatic rings. The molecule has 1 aliphatic heterocycles. The van der Waals surface area contributed by atoms with Crippen molar-refractivity contribution in [1.29, 1.82) is 0 Å². The van der Waals surface area contributed by atoms with E-state index in [1.807, 2.05) is 42.5 Å². The van der Waals surface area contributed by atoms with Gasteiger partial charge in [-0.15, -0.1) is 0 Å². The molecule has 0 aliphatic carbocycles. The number of benzene rings is 2. The van der Waals surface area contributed by atoms with Crippen LogP contribution in [0, 0.1) is 0 Å². The van der Waals surface area contributed by atoms with E-state index in [0.29, 0.717) is 18.8 Å². The molecule has 0 saturated carbocycles. The van der Waals surface area contributed by atoms with Gasteiger partial charge in [0.15, 0.2) is 6.61 Å². The summed E-state index contributed by atoms with van der Waals surface area (Å²) in [4.78, 5) is 37.5. The summed E-state index contributed by atoms with van der Waals surface area (Å²) in [5.41, 5.74) is 1.86. The van der Waals surface area contributed by atoms with Gasteiger partial charge in [-0.2, -0.15) is 0 Å². The van der Waals surface area contributed by atoms with Crippen molar-refractivity contribution in [3.8, 4) is 5.75 Å². The molecule has 0 unspecified atom stereocenters. The largest absolute Gasteiger partial charge is 0.484 e. The van der Waals surface area contributed by atoms with E-state index in [1.54, 1.807) is 12.1 Å². The van der Waals surface area contributed by atoms with Gasteiger partial charge in [0.25, 0.3) is 5.91 Å². The second-order valence-corrected chi connectivity index (χ2v) is 6.48. The third-order valence-corrected chi connectivity index (χ3v) is 4.52. The minimum Gasteiger partial charge on any atom is -0.484 e. The van der Waals surface area contributed by atoms with E-state index in [0.717, 1.165) is 11.4 Å². The Morgan fingerprint density at radius 3 is 2.48 bits per heavy atom. The number of ether oxygens (including phenoxy) is 2. The molecule has 3 rings (SSSR count). The van der Waals surface area contributed by atoms with Gasteiger partial charge in [0.05, 0.1) is 13.5 Å². The molecule has 0 bridgehead atoms. The van der Waals surface area contributed by atoms with Gasteiger partial charge in [0.2, 0.25) is 5.91 Å². The number of carbonyl (C=O) groups is 3. The van der Waals surface area contributed by atoms with Crippen LogP contribution >= 0.6 is 0 Å². The molecule has 2 N–H and O–H groups in total. The van der Waals surface area contributed by atoms with Crippen molar-refractivity contribution in [1.82, 2.24) is 10.2 Å². The van der Waals surface area contributed by atoms with Gasteiger partial charge >= 0.3 is 5.97 Å². The third-order valence-electron chi connectivity index (χ3n) is 4.52. The van der Waals surface area contributed by atoms with Gasteiger partial charge in [0, 0.05) is 24.5 Å². The van der Waals surface area contributed by atoms with Gasteiger partial charge in [-0.25, -0.2) is 0 Å². The fourth-order valence-electron chi connectivity index (χ4n) is 3.01. The maximum Gasteiger partial charge on any atom is 0.308 e. The minimum absolute atomic E-state index is 0.187. The average molecular weight is 397 g/mol. The van der Waals surface area contributed by atoms with E-state index in [4.69, 9.17) is 4.74 Å². The van der Waals surface area contributed by atoms with Crippen LogP contribution in [-0.4, -0.2) is 55.5 Å². The van der Waals surface area contributed by atoms with Crippen molar-refractivity contribution in [3.05, 3.63) is 54.6 Å². The Bertz CT molecular complexity index is 854. The van der Waals surface area contributed by atoms with Crippen LogP contribution in [-0.2, 0) is 19.1 Å². The summed E-state index contributed by atoms with van der Waals surface area (Å²) in [7, 11) is 1.24. The normalized spacial score (nSPS) is 16.0. The first-order valence-electron chi connectivity index (χ1n) is 9.26. The average Bonchev–Trinajstić information content (AvgIpc) is 2.75. The smallest absolute Gasteiger partial charge is 0.308 e. The van der Waals surface area contributed by atoms with E-state index < -0.39 is 12.0 Å². The summed E-state index contributed by atoms with van der Waals surface area (Å²) < 4.78 is 10.2. The highest BCUT2D eigenvalue weighted by Gasteiger charge is 2.35. The highest BCUT2D eigenvalue weighted by atomic mass is 16.5. The predicted octanol–water partition coefficient (Wildman–Crippen LogP) is 1.70. The number of carbonyl (C=O) groups excluding carboxylic acids is 3. The third kappa shape index (κ3) is 5.47. The summed E-state index contributed by atoms with van der Waals surface area (Å²) in [6.07, 6.45) is -0.187. The Morgan fingerprint density at radius 2 is 1.79 bits per heavy atom. The van der Waals surface area contributed by atoms with Crippen LogP contribution in [0.15, 0.2) is 54.6 Å². The van der Waals surface area contributed by atoms with E-state index >= 15 is 0 Å². The number of nitrogens with one attached hydrogen (secondary N) is 2. The summed E-state index contributed by atoms with van der Waals surface area (Å²) >= 11 is 0. The van der Waals surface area contributed by atoms with Gasteiger partial charge in [-0.3, -0.25) is 14.4 Å². The molecule has 0 radical (unpaired) electrons. The Hall–Kier alpha value is -3.55. The van der Waals surface area contributed by atoms with Crippen molar-refractivity contribution < 1.29 is 23.9 Å². The Labute approximate surface area is 168 Å². The second kappa shape index (κ2) is 9.59. The van der Waals surface area contributed by atoms with Gasteiger partial charge in [-0.1, -0.05) is 18.2 Å². The molecule has 8 heteroatoms. The molecule has 1 atom stereocenters. The molecule has 1 fully saturated rings. The monoisotopic (exact) mass is 397 g/mol. The zero-order valence-corrected chi connectivity index (χ0v) is 16.1. The maximum atomic E-state index is 12.6. The van der Waals surface area contributed by atoms with Crippen LogP contribution < -0.4 is 15.4 Å². The molecule has 1 aliphatic rings. The lowest BCUT2D eigenvalue weighted by Crippen LogP contribution is -2.58. The predicted molar refractivity (Wildman–Crippen MR) is 107 cm³/mol. The zero-order chi connectivity index (χ0) is 20.6.